The highest BCUT2D eigenvalue weighted by atomic mass is 15.3. The van der Waals surface area contributed by atoms with Crippen molar-refractivity contribution >= 4 is 0 Å². The molecule has 0 radical (unpaired) electrons. The Kier molecular flexibility index (Phi) is 2.90. The van der Waals surface area contributed by atoms with Crippen molar-refractivity contribution in [2.24, 2.45) is 5.92 Å². The highest BCUT2D eigenvalue weighted by Crippen LogP contribution is 2.09. The third-order valence-electron chi connectivity index (χ3n) is 1.90. The normalized spacial score (nSPS) is 11.1. The standard InChI is InChI=1S/C10H18N2/c1-5-12-10(6-8(2)3)7-9(4)11-12/h7-8H,5-6H2,1-4H3. The lowest BCUT2D eigenvalue weighted by molar-refractivity contribution is 0.561. The molecule has 12 heavy (non-hydrogen) atoms. The molecule has 0 spiro atoms. The van der Waals surface area contributed by atoms with Gasteiger partial charge in [0, 0.05) is 12.2 Å². The van der Waals surface area contributed by atoms with Gasteiger partial charge in [-0.25, -0.2) is 0 Å². The van der Waals surface area contributed by atoms with E-state index in [4.69, 9.17) is 0 Å². The number of rotatable bonds is 3. The third-order valence-corrected chi connectivity index (χ3v) is 1.90. The highest BCUT2D eigenvalue weighted by Gasteiger charge is 2.05. The van der Waals surface area contributed by atoms with Crippen LogP contribution in [-0.2, 0) is 13.0 Å². The Bertz CT molecular complexity index is 248. The summed E-state index contributed by atoms with van der Waals surface area (Å²) in [6.45, 7) is 9.65. The Morgan fingerprint density at radius 1 is 1.50 bits per heavy atom. The maximum Gasteiger partial charge on any atom is 0.0596 e. The molecule has 1 heterocycles. The molecule has 1 rings (SSSR count). The zero-order valence-electron chi connectivity index (χ0n) is 8.46. The summed E-state index contributed by atoms with van der Waals surface area (Å²) in [5.74, 6) is 0.714. The molecule has 0 fully saturated rings. The van der Waals surface area contributed by atoms with Crippen molar-refractivity contribution in [2.45, 2.75) is 40.7 Å². The van der Waals surface area contributed by atoms with Crippen LogP contribution in [-0.4, -0.2) is 9.78 Å². The zero-order chi connectivity index (χ0) is 9.14. The lowest BCUT2D eigenvalue weighted by atomic mass is 10.1. The molecule has 0 bridgehead atoms. The summed E-state index contributed by atoms with van der Waals surface area (Å²) in [5, 5.41) is 4.40. The van der Waals surface area contributed by atoms with E-state index in [2.05, 4.69) is 43.5 Å². The minimum atomic E-state index is 0.714. The first kappa shape index (κ1) is 9.30. The summed E-state index contributed by atoms with van der Waals surface area (Å²) >= 11 is 0. The molecule has 0 aliphatic carbocycles. The fourth-order valence-corrected chi connectivity index (χ4v) is 1.46. The van der Waals surface area contributed by atoms with Crippen LogP contribution in [0.15, 0.2) is 6.07 Å². The van der Waals surface area contributed by atoms with Gasteiger partial charge in [-0.2, -0.15) is 5.10 Å². The van der Waals surface area contributed by atoms with Crippen molar-refractivity contribution < 1.29 is 0 Å². The predicted octanol–water partition coefficient (Wildman–Crippen LogP) is 2.41. The van der Waals surface area contributed by atoms with Crippen molar-refractivity contribution in [3.8, 4) is 0 Å². The van der Waals surface area contributed by atoms with Crippen molar-refractivity contribution in [1.29, 1.82) is 0 Å². The Labute approximate surface area is 74.6 Å². The van der Waals surface area contributed by atoms with E-state index in [1.807, 2.05) is 0 Å². The van der Waals surface area contributed by atoms with Crippen molar-refractivity contribution in [2.75, 3.05) is 0 Å². The smallest absolute Gasteiger partial charge is 0.0596 e. The molecule has 68 valence electrons. The first-order valence-electron chi connectivity index (χ1n) is 4.66. The van der Waals surface area contributed by atoms with Crippen LogP contribution in [0.5, 0.6) is 0 Å². The average Bonchev–Trinajstić information content (AvgIpc) is 2.29. The lowest BCUT2D eigenvalue weighted by Crippen LogP contribution is -2.05. The van der Waals surface area contributed by atoms with Gasteiger partial charge in [-0.1, -0.05) is 13.8 Å². The minimum Gasteiger partial charge on any atom is -0.270 e. The van der Waals surface area contributed by atoms with Crippen molar-refractivity contribution in [3.63, 3.8) is 0 Å². The van der Waals surface area contributed by atoms with E-state index in [1.165, 1.54) is 5.69 Å². The number of hydrogen-bond acceptors (Lipinski definition) is 1. The van der Waals surface area contributed by atoms with Gasteiger partial charge in [-0.15, -0.1) is 0 Å². The van der Waals surface area contributed by atoms with Crippen LogP contribution >= 0.6 is 0 Å². The topological polar surface area (TPSA) is 17.8 Å². The monoisotopic (exact) mass is 166 g/mol. The quantitative estimate of drug-likeness (QED) is 0.674. The number of hydrogen-bond donors (Lipinski definition) is 0. The van der Waals surface area contributed by atoms with E-state index >= 15 is 0 Å². The summed E-state index contributed by atoms with van der Waals surface area (Å²) in [4.78, 5) is 0. The number of aromatic nitrogens is 2. The minimum absolute atomic E-state index is 0.714. The molecule has 0 amide bonds. The summed E-state index contributed by atoms with van der Waals surface area (Å²) < 4.78 is 2.09. The van der Waals surface area contributed by atoms with E-state index in [0.717, 1.165) is 18.7 Å². The fraction of sp³-hybridized carbons (Fsp3) is 0.700. The second-order valence-corrected chi connectivity index (χ2v) is 3.69. The summed E-state index contributed by atoms with van der Waals surface area (Å²) in [7, 11) is 0. The Morgan fingerprint density at radius 2 is 2.17 bits per heavy atom. The van der Waals surface area contributed by atoms with Gasteiger partial charge in [0.05, 0.1) is 5.69 Å². The van der Waals surface area contributed by atoms with Crippen LogP contribution in [0, 0.1) is 12.8 Å². The predicted molar refractivity (Wildman–Crippen MR) is 51.2 cm³/mol. The fourth-order valence-electron chi connectivity index (χ4n) is 1.46. The molecule has 0 saturated carbocycles. The molecular formula is C10H18N2. The van der Waals surface area contributed by atoms with Gasteiger partial charge in [-0.3, -0.25) is 4.68 Å². The van der Waals surface area contributed by atoms with Crippen LogP contribution < -0.4 is 0 Å². The Balaban J connectivity index is 2.81. The third kappa shape index (κ3) is 2.10. The SMILES string of the molecule is CCn1nc(C)cc1CC(C)C. The summed E-state index contributed by atoms with van der Waals surface area (Å²) in [6.07, 6.45) is 1.13. The molecule has 2 nitrogen and oxygen atoms in total. The molecule has 1 aromatic heterocycles. The molecule has 1 aromatic rings. The summed E-state index contributed by atoms with van der Waals surface area (Å²) in [6, 6.07) is 2.18. The van der Waals surface area contributed by atoms with Crippen molar-refractivity contribution in [3.05, 3.63) is 17.5 Å². The second kappa shape index (κ2) is 3.74. The van der Waals surface area contributed by atoms with Crippen LogP contribution in [0.1, 0.15) is 32.2 Å². The number of aryl methyl sites for hydroxylation is 2. The van der Waals surface area contributed by atoms with Gasteiger partial charge in [-0.05, 0) is 32.3 Å². The maximum absolute atomic E-state index is 4.40. The molecule has 2 heteroatoms. The average molecular weight is 166 g/mol. The second-order valence-electron chi connectivity index (χ2n) is 3.69. The lowest BCUT2D eigenvalue weighted by Gasteiger charge is -2.06. The zero-order valence-corrected chi connectivity index (χ0v) is 8.46. The molecule has 0 N–H and O–H groups in total. The van der Waals surface area contributed by atoms with Gasteiger partial charge in [0.2, 0.25) is 0 Å². The largest absolute Gasteiger partial charge is 0.270 e. The van der Waals surface area contributed by atoms with E-state index < -0.39 is 0 Å². The first-order chi connectivity index (χ1) is 5.63. The van der Waals surface area contributed by atoms with Gasteiger partial charge < -0.3 is 0 Å². The van der Waals surface area contributed by atoms with Crippen LogP contribution in [0.25, 0.3) is 0 Å². The van der Waals surface area contributed by atoms with E-state index in [-0.39, 0.29) is 0 Å². The van der Waals surface area contributed by atoms with E-state index in [9.17, 15) is 0 Å². The van der Waals surface area contributed by atoms with Gasteiger partial charge in [0.15, 0.2) is 0 Å². The molecule has 0 aliphatic rings. The summed E-state index contributed by atoms with van der Waals surface area (Å²) in [5.41, 5.74) is 2.50. The van der Waals surface area contributed by atoms with E-state index in [0.29, 0.717) is 5.92 Å². The molecule has 0 aromatic carbocycles. The maximum atomic E-state index is 4.40. The van der Waals surface area contributed by atoms with Gasteiger partial charge >= 0.3 is 0 Å². The van der Waals surface area contributed by atoms with Crippen LogP contribution in [0.2, 0.25) is 0 Å². The van der Waals surface area contributed by atoms with E-state index in [1.54, 1.807) is 0 Å². The Morgan fingerprint density at radius 3 is 2.67 bits per heavy atom. The molecule has 0 atom stereocenters. The molecule has 0 saturated heterocycles. The van der Waals surface area contributed by atoms with Crippen LogP contribution in [0.4, 0.5) is 0 Å². The van der Waals surface area contributed by atoms with Crippen LogP contribution in [0.3, 0.4) is 0 Å². The highest BCUT2D eigenvalue weighted by molar-refractivity contribution is 5.09. The molecule has 0 unspecified atom stereocenters. The van der Waals surface area contributed by atoms with Crippen molar-refractivity contribution in [1.82, 2.24) is 9.78 Å². The molecule has 0 aliphatic heterocycles. The van der Waals surface area contributed by atoms with Gasteiger partial charge in [0.25, 0.3) is 0 Å². The number of nitrogens with zero attached hydrogens (tertiary/aromatic N) is 2. The first-order valence-corrected chi connectivity index (χ1v) is 4.66. The molecular weight excluding hydrogens is 148 g/mol. The Hall–Kier alpha value is -0.790. The van der Waals surface area contributed by atoms with Gasteiger partial charge in [0.1, 0.15) is 0 Å².